The summed E-state index contributed by atoms with van der Waals surface area (Å²) in [6, 6.07) is 0. The first-order chi connectivity index (χ1) is 6.72. The predicted octanol–water partition coefficient (Wildman–Crippen LogP) is 2.52. The fourth-order valence-corrected chi connectivity index (χ4v) is 2.57. The third kappa shape index (κ3) is 4.76. The zero-order valence-corrected chi connectivity index (χ0v) is 10.9. The normalized spacial score (nSPS) is 23.6. The summed E-state index contributed by atoms with van der Waals surface area (Å²) in [4.78, 5) is 2.52. The molecule has 1 aliphatic rings. The van der Waals surface area contributed by atoms with Crippen molar-refractivity contribution in [3.8, 4) is 0 Å². The van der Waals surface area contributed by atoms with Gasteiger partial charge in [0, 0.05) is 18.4 Å². The van der Waals surface area contributed by atoms with E-state index in [1.54, 1.807) is 0 Å². The molecule has 1 aliphatic heterocycles. The number of hydrogen-bond donors (Lipinski definition) is 0. The van der Waals surface area contributed by atoms with E-state index in [2.05, 4.69) is 34.7 Å². The Labute approximate surface area is 96.1 Å². The Morgan fingerprint density at radius 1 is 1.50 bits per heavy atom. The average Bonchev–Trinajstić information content (AvgIpc) is 2.53. The molecule has 0 radical (unpaired) electrons. The van der Waals surface area contributed by atoms with Crippen LogP contribution in [0.25, 0.3) is 0 Å². The van der Waals surface area contributed by atoms with Gasteiger partial charge in [0.15, 0.2) is 0 Å². The van der Waals surface area contributed by atoms with Crippen LogP contribution in [0.4, 0.5) is 0 Å². The lowest BCUT2D eigenvalue weighted by atomic mass is 10.1. The second-order valence-corrected chi connectivity index (χ2v) is 5.15. The molecule has 0 bridgehead atoms. The van der Waals surface area contributed by atoms with Gasteiger partial charge in [0.05, 0.1) is 12.7 Å². The van der Waals surface area contributed by atoms with Gasteiger partial charge < -0.3 is 9.64 Å². The van der Waals surface area contributed by atoms with Crippen molar-refractivity contribution in [3.05, 3.63) is 0 Å². The van der Waals surface area contributed by atoms with Crippen molar-refractivity contribution in [1.82, 2.24) is 4.90 Å². The van der Waals surface area contributed by atoms with E-state index < -0.39 is 0 Å². The van der Waals surface area contributed by atoms with Crippen molar-refractivity contribution in [2.45, 2.75) is 32.8 Å². The molecular weight excluding hydrogens is 242 g/mol. The topological polar surface area (TPSA) is 12.5 Å². The maximum absolute atomic E-state index is 5.55. The van der Waals surface area contributed by atoms with Crippen LogP contribution in [0.15, 0.2) is 0 Å². The maximum Gasteiger partial charge on any atom is 0.0596 e. The Balaban J connectivity index is 2.04. The standard InChI is InChI=1S/C11H22BrNO/c1-10(2)14-8-7-13-6-4-11(9-13)3-5-12/h10-11H,3-9H2,1-2H3. The van der Waals surface area contributed by atoms with Crippen molar-refractivity contribution in [3.63, 3.8) is 0 Å². The molecule has 1 heterocycles. The molecule has 1 fully saturated rings. The number of nitrogens with zero attached hydrogens (tertiary/aromatic N) is 1. The molecule has 1 atom stereocenters. The molecule has 2 nitrogen and oxygen atoms in total. The summed E-state index contributed by atoms with van der Waals surface area (Å²) >= 11 is 3.51. The van der Waals surface area contributed by atoms with Gasteiger partial charge in [-0.2, -0.15) is 0 Å². The molecule has 0 aromatic rings. The molecule has 0 aromatic carbocycles. The molecule has 1 rings (SSSR count). The molecule has 0 aromatic heterocycles. The van der Waals surface area contributed by atoms with Gasteiger partial charge in [-0.05, 0) is 39.2 Å². The first kappa shape index (κ1) is 12.5. The van der Waals surface area contributed by atoms with Gasteiger partial charge in [0.25, 0.3) is 0 Å². The van der Waals surface area contributed by atoms with Crippen molar-refractivity contribution in [1.29, 1.82) is 0 Å². The van der Waals surface area contributed by atoms with E-state index in [1.807, 2.05) is 0 Å². The summed E-state index contributed by atoms with van der Waals surface area (Å²) in [5.41, 5.74) is 0. The summed E-state index contributed by atoms with van der Waals surface area (Å²) in [6.45, 7) is 8.72. The fraction of sp³-hybridized carbons (Fsp3) is 1.00. The summed E-state index contributed by atoms with van der Waals surface area (Å²) in [6.07, 6.45) is 3.06. The van der Waals surface area contributed by atoms with Crippen LogP contribution < -0.4 is 0 Å². The zero-order valence-electron chi connectivity index (χ0n) is 9.34. The lowest BCUT2D eigenvalue weighted by molar-refractivity contribution is 0.0629. The van der Waals surface area contributed by atoms with E-state index >= 15 is 0 Å². The van der Waals surface area contributed by atoms with Gasteiger partial charge in [0.2, 0.25) is 0 Å². The van der Waals surface area contributed by atoms with Crippen molar-refractivity contribution in [2.24, 2.45) is 5.92 Å². The maximum atomic E-state index is 5.55. The van der Waals surface area contributed by atoms with Gasteiger partial charge >= 0.3 is 0 Å². The smallest absolute Gasteiger partial charge is 0.0596 e. The third-order valence-corrected chi connectivity index (χ3v) is 3.20. The summed E-state index contributed by atoms with van der Waals surface area (Å²) in [5.74, 6) is 0.911. The zero-order chi connectivity index (χ0) is 10.4. The molecule has 0 amide bonds. The second-order valence-electron chi connectivity index (χ2n) is 4.35. The Morgan fingerprint density at radius 2 is 2.29 bits per heavy atom. The van der Waals surface area contributed by atoms with Crippen molar-refractivity contribution in [2.75, 3.05) is 31.6 Å². The molecule has 1 unspecified atom stereocenters. The Bertz CT molecular complexity index is 152. The molecule has 0 spiro atoms. The molecule has 0 N–H and O–H groups in total. The number of halogens is 1. The molecule has 3 heteroatoms. The third-order valence-electron chi connectivity index (χ3n) is 2.75. The first-order valence-electron chi connectivity index (χ1n) is 5.62. The average molecular weight is 264 g/mol. The minimum atomic E-state index is 0.371. The summed E-state index contributed by atoms with van der Waals surface area (Å²) in [5, 5.41) is 1.15. The minimum Gasteiger partial charge on any atom is -0.377 e. The van der Waals surface area contributed by atoms with Gasteiger partial charge in [-0.3, -0.25) is 0 Å². The van der Waals surface area contributed by atoms with Crippen molar-refractivity contribution < 1.29 is 4.74 Å². The summed E-state index contributed by atoms with van der Waals surface area (Å²) < 4.78 is 5.55. The molecular formula is C11H22BrNO. The molecule has 1 saturated heterocycles. The van der Waals surface area contributed by atoms with E-state index in [0.29, 0.717) is 6.10 Å². The highest BCUT2D eigenvalue weighted by Gasteiger charge is 2.21. The Kier molecular flexibility index (Phi) is 6.06. The van der Waals surface area contributed by atoms with Gasteiger partial charge in [0.1, 0.15) is 0 Å². The second kappa shape index (κ2) is 6.81. The van der Waals surface area contributed by atoms with E-state index in [4.69, 9.17) is 4.74 Å². The van der Waals surface area contributed by atoms with Crippen LogP contribution in [-0.2, 0) is 4.74 Å². The first-order valence-corrected chi connectivity index (χ1v) is 6.74. The van der Waals surface area contributed by atoms with Crippen LogP contribution in [0.5, 0.6) is 0 Å². The number of likely N-dealkylation sites (tertiary alicyclic amines) is 1. The van der Waals surface area contributed by atoms with E-state index in [9.17, 15) is 0 Å². The lowest BCUT2D eigenvalue weighted by Gasteiger charge is -2.16. The van der Waals surface area contributed by atoms with E-state index in [1.165, 1.54) is 25.9 Å². The van der Waals surface area contributed by atoms with Gasteiger partial charge in [-0.15, -0.1) is 0 Å². The minimum absolute atomic E-state index is 0.371. The predicted molar refractivity (Wildman–Crippen MR) is 64.0 cm³/mol. The summed E-state index contributed by atoms with van der Waals surface area (Å²) in [7, 11) is 0. The van der Waals surface area contributed by atoms with Gasteiger partial charge in [-0.25, -0.2) is 0 Å². The number of ether oxygens (including phenoxy) is 1. The number of alkyl halides is 1. The van der Waals surface area contributed by atoms with Crippen LogP contribution in [-0.4, -0.2) is 42.6 Å². The molecule has 0 aliphatic carbocycles. The highest BCUT2D eigenvalue weighted by molar-refractivity contribution is 9.09. The Morgan fingerprint density at radius 3 is 2.93 bits per heavy atom. The fourth-order valence-electron chi connectivity index (χ4n) is 1.92. The lowest BCUT2D eigenvalue weighted by Crippen LogP contribution is -2.26. The molecule has 0 saturated carbocycles. The van der Waals surface area contributed by atoms with E-state index in [-0.39, 0.29) is 0 Å². The SMILES string of the molecule is CC(C)OCCN1CCC(CCBr)C1. The van der Waals surface area contributed by atoms with Crippen LogP contribution in [0.1, 0.15) is 26.7 Å². The Hall–Kier alpha value is 0.400. The monoisotopic (exact) mass is 263 g/mol. The van der Waals surface area contributed by atoms with Crippen LogP contribution >= 0.6 is 15.9 Å². The quantitative estimate of drug-likeness (QED) is 0.683. The van der Waals surface area contributed by atoms with Crippen LogP contribution in [0.3, 0.4) is 0 Å². The molecule has 14 heavy (non-hydrogen) atoms. The van der Waals surface area contributed by atoms with Crippen LogP contribution in [0, 0.1) is 5.92 Å². The number of hydrogen-bond acceptors (Lipinski definition) is 2. The van der Waals surface area contributed by atoms with E-state index in [0.717, 1.165) is 24.4 Å². The highest BCUT2D eigenvalue weighted by Crippen LogP contribution is 2.19. The largest absolute Gasteiger partial charge is 0.377 e. The highest BCUT2D eigenvalue weighted by atomic mass is 79.9. The van der Waals surface area contributed by atoms with Crippen LogP contribution in [0.2, 0.25) is 0 Å². The number of rotatable bonds is 6. The van der Waals surface area contributed by atoms with Crippen molar-refractivity contribution >= 4 is 15.9 Å². The van der Waals surface area contributed by atoms with Gasteiger partial charge in [-0.1, -0.05) is 15.9 Å². The molecule has 84 valence electrons.